The number of nitrogens with zero attached hydrogens (tertiary/aromatic N) is 1. The number of nitro groups is 1. The van der Waals surface area contributed by atoms with Gasteiger partial charge in [0.25, 0.3) is 5.69 Å². The normalized spacial score (nSPS) is 21.3. The summed E-state index contributed by atoms with van der Waals surface area (Å²) in [6.45, 7) is 0.230. The minimum atomic E-state index is -0.427. The van der Waals surface area contributed by atoms with Crippen molar-refractivity contribution in [3.05, 3.63) is 39.9 Å². The fraction of sp³-hybridized carbons (Fsp3) is 0.562. The SMILES string of the molecule is O=C(CCc1cccc([N+](=O)[O-])c1)NC1CCC(CO)CC1. The lowest BCUT2D eigenvalue weighted by molar-refractivity contribution is -0.384. The Bertz CT molecular complexity index is 525. The number of non-ortho nitro benzene ring substituents is 1. The van der Waals surface area contributed by atoms with Gasteiger partial charge in [-0.2, -0.15) is 0 Å². The van der Waals surface area contributed by atoms with Crippen LogP contribution in [0.5, 0.6) is 0 Å². The second-order valence-electron chi connectivity index (χ2n) is 5.89. The second-order valence-corrected chi connectivity index (χ2v) is 5.89. The van der Waals surface area contributed by atoms with E-state index in [0.29, 0.717) is 18.8 Å². The average Bonchev–Trinajstić information content (AvgIpc) is 2.54. The smallest absolute Gasteiger partial charge is 0.269 e. The van der Waals surface area contributed by atoms with Gasteiger partial charge in [0.1, 0.15) is 0 Å². The van der Waals surface area contributed by atoms with E-state index in [4.69, 9.17) is 5.11 Å². The molecule has 1 saturated carbocycles. The standard InChI is InChI=1S/C16H22N2O4/c19-11-13-4-7-14(8-5-13)17-16(20)9-6-12-2-1-3-15(10-12)18(21)22/h1-3,10,13-14,19H,4-9,11H2,(H,17,20). The first kappa shape index (κ1) is 16.4. The van der Waals surface area contributed by atoms with Crippen molar-refractivity contribution in [1.82, 2.24) is 5.32 Å². The van der Waals surface area contributed by atoms with Crippen LogP contribution in [0.2, 0.25) is 0 Å². The van der Waals surface area contributed by atoms with Gasteiger partial charge in [-0.1, -0.05) is 12.1 Å². The van der Waals surface area contributed by atoms with Gasteiger partial charge in [0.2, 0.25) is 5.91 Å². The summed E-state index contributed by atoms with van der Waals surface area (Å²) < 4.78 is 0. The Hall–Kier alpha value is -1.95. The molecule has 0 bridgehead atoms. The van der Waals surface area contributed by atoms with E-state index < -0.39 is 4.92 Å². The summed E-state index contributed by atoms with van der Waals surface area (Å²) in [6.07, 6.45) is 4.56. The largest absolute Gasteiger partial charge is 0.396 e. The van der Waals surface area contributed by atoms with Gasteiger partial charge in [0, 0.05) is 31.2 Å². The van der Waals surface area contributed by atoms with Crippen LogP contribution in [0.15, 0.2) is 24.3 Å². The van der Waals surface area contributed by atoms with Crippen LogP contribution in [-0.4, -0.2) is 28.6 Å². The van der Waals surface area contributed by atoms with Crippen LogP contribution in [0.4, 0.5) is 5.69 Å². The van der Waals surface area contributed by atoms with Crippen molar-refractivity contribution in [3.63, 3.8) is 0 Å². The predicted octanol–water partition coefficient (Wildman–Crippen LogP) is 2.19. The van der Waals surface area contributed by atoms with E-state index in [1.807, 2.05) is 0 Å². The minimum absolute atomic E-state index is 0.0149. The van der Waals surface area contributed by atoms with E-state index in [1.165, 1.54) is 12.1 Å². The molecule has 1 aromatic rings. The molecule has 1 amide bonds. The Morgan fingerprint density at radius 2 is 2.05 bits per heavy atom. The Morgan fingerprint density at radius 1 is 1.32 bits per heavy atom. The molecule has 0 atom stereocenters. The summed E-state index contributed by atoms with van der Waals surface area (Å²) in [7, 11) is 0. The Labute approximate surface area is 129 Å². The van der Waals surface area contributed by atoms with E-state index >= 15 is 0 Å². The monoisotopic (exact) mass is 306 g/mol. The number of rotatable bonds is 6. The molecule has 0 aliphatic heterocycles. The highest BCUT2D eigenvalue weighted by molar-refractivity contribution is 5.76. The number of benzene rings is 1. The van der Waals surface area contributed by atoms with Gasteiger partial charge in [0.15, 0.2) is 0 Å². The molecule has 1 aromatic carbocycles. The molecule has 0 heterocycles. The predicted molar refractivity (Wildman–Crippen MR) is 82.4 cm³/mol. The topological polar surface area (TPSA) is 92.5 Å². The maximum atomic E-state index is 12.0. The minimum Gasteiger partial charge on any atom is -0.396 e. The number of hydrogen-bond acceptors (Lipinski definition) is 4. The van der Waals surface area contributed by atoms with E-state index in [9.17, 15) is 14.9 Å². The summed E-state index contributed by atoms with van der Waals surface area (Å²) in [6, 6.07) is 6.59. The quantitative estimate of drug-likeness (QED) is 0.622. The second kappa shape index (κ2) is 7.89. The van der Waals surface area contributed by atoms with E-state index in [1.54, 1.807) is 12.1 Å². The molecule has 2 rings (SSSR count). The number of aryl methyl sites for hydroxylation is 1. The van der Waals surface area contributed by atoms with Gasteiger partial charge in [0.05, 0.1) is 4.92 Å². The van der Waals surface area contributed by atoms with Gasteiger partial charge in [-0.25, -0.2) is 0 Å². The highest BCUT2D eigenvalue weighted by Gasteiger charge is 2.21. The van der Waals surface area contributed by atoms with Crippen molar-refractivity contribution in [2.24, 2.45) is 5.92 Å². The molecule has 0 aromatic heterocycles. The van der Waals surface area contributed by atoms with E-state index in [2.05, 4.69) is 5.32 Å². The summed E-state index contributed by atoms with van der Waals surface area (Å²) in [5.41, 5.74) is 0.855. The molecule has 1 fully saturated rings. The first-order valence-electron chi connectivity index (χ1n) is 7.72. The molecular weight excluding hydrogens is 284 g/mol. The molecule has 1 aliphatic carbocycles. The molecule has 22 heavy (non-hydrogen) atoms. The maximum absolute atomic E-state index is 12.0. The summed E-state index contributed by atoms with van der Waals surface area (Å²) in [5, 5.41) is 22.8. The number of hydrogen-bond donors (Lipinski definition) is 2. The van der Waals surface area contributed by atoms with Gasteiger partial charge < -0.3 is 10.4 Å². The molecule has 6 heteroatoms. The molecule has 0 saturated heterocycles. The zero-order chi connectivity index (χ0) is 15.9. The van der Waals surface area contributed by atoms with Crippen LogP contribution in [0, 0.1) is 16.0 Å². The fourth-order valence-corrected chi connectivity index (χ4v) is 2.87. The molecule has 6 nitrogen and oxygen atoms in total. The van der Waals surface area contributed by atoms with Gasteiger partial charge >= 0.3 is 0 Å². The van der Waals surface area contributed by atoms with Gasteiger partial charge in [-0.05, 0) is 43.6 Å². The van der Waals surface area contributed by atoms with Gasteiger partial charge in [-0.15, -0.1) is 0 Å². The zero-order valence-electron chi connectivity index (χ0n) is 12.5. The Morgan fingerprint density at radius 3 is 2.68 bits per heavy atom. The first-order chi connectivity index (χ1) is 10.6. The molecule has 120 valence electrons. The zero-order valence-corrected chi connectivity index (χ0v) is 12.5. The summed E-state index contributed by atoms with van der Waals surface area (Å²) in [5.74, 6) is 0.358. The van der Waals surface area contributed by atoms with Crippen molar-refractivity contribution in [1.29, 1.82) is 0 Å². The Balaban J connectivity index is 1.76. The van der Waals surface area contributed by atoms with Crippen molar-refractivity contribution in [2.45, 2.75) is 44.6 Å². The van der Waals surface area contributed by atoms with Crippen molar-refractivity contribution in [3.8, 4) is 0 Å². The van der Waals surface area contributed by atoms with Crippen LogP contribution in [-0.2, 0) is 11.2 Å². The highest BCUT2D eigenvalue weighted by atomic mass is 16.6. The number of amides is 1. The van der Waals surface area contributed by atoms with Crippen molar-refractivity contribution in [2.75, 3.05) is 6.61 Å². The van der Waals surface area contributed by atoms with Crippen LogP contribution < -0.4 is 5.32 Å². The Kier molecular flexibility index (Phi) is 5.89. The molecule has 0 spiro atoms. The number of aliphatic hydroxyl groups excluding tert-OH is 1. The van der Waals surface area contributed by atoms with Crippen LogP contribution in [0.3, 0.4) is 0 Å². The molecule has 1 aliphatic rings. The van der Waals surface area contributed by atoms with Crippen LogP contribution in [0.1, 0.15) is 37.7 Å². The highest BCUT2D eigenvalue weighted by Crippen LogP contribution is 2.23. The maximum Gasteiger partial charge on any atom is 0.269 e. The number of nitrogens with one attached hydrogen (secondary N) is 1. The molecule has 0 unspecified atom stereocenters. The lowest BCUT2D eigenvalue weighted by Gasteiger charge is -2.27. The van der Waals surface area contributed by atoms with E-state index in [-0.39, 0.29) is 24.2 Å². The number of carbonyl (C=O) groups excluding carboxylic acids is 1. The fourth-order valence-electron chi connectivity index (χ4n) is 2.87. The number of aliphatic hydroxyl groups is 1. The van der Waals surface area contributed by atoms with Crippen molar-refractivity contribution < 1.29 is 14.8 Å². The third-order valence-corrected chi connectivity index (χ3v) is 4.23. The lowest BCUT2D eigenvalue weighted by Crippen LogP contribution is -2.38. The molecule has 2 N–H and O–H groups in total. The van der Waals surface area contributed by atoms with Gasteiger partial charge in [-0.3, -0.25) is 14.9 Å². The lowest BCUT2D eigenvalue weighted by atomic mass is 9.86. The average molecular weight is 306 g/mol. The van der Waals surface area contributed by atoms with Crippen molar-refractivity contribution >= 4 is 11.6 Å². The first-order valence-corrected chi connectivity index (χ1v) is 7.72. The number of nitro benzene ring substituents is 1. The molecule has 0 radical (unpaired) electrons. The molecular formula is C16H22N2O4. The number of carbonyl (C=O) groups is 1. The van der Waals surface area contributed by atoms with E-state index in [0.717, 1.165) is 31.2 Å². The van der Waals surface area contributed by atoms with Crippen LogP contribution in [0.25, 0.3) is 0 Å². The third kappa shape index (κ3) is 4.80. The summed E-state index contributed by atoms with van der Waals surface area (Å²) >= 11 is 0. The van der Waals surface area contributed by atoms with Crippen LogP contribution >= 0.6 is 0 Å². The summed E-state index contributed by atoms with van der Waals surface area (Å²) in [4.78, 5) is 22.2. The third-order valence-electron chi connectivity index (χ3n) is 4.23.